The zero-order valence-corrected chi connectivity index (χ0v) is 18.2. The molecule has 4 heterocycles. The fourth-order valence-electron chi connectivity index (χ4n) is 4.74. The van der Waals surface area contributed by atoms with Crippen LogP contribution in [0.1, 0.15) is 28.9 Å². The van der Waals surface area contributed by atoms with Gasteiger partial charge in [0, 0.05) is 51.0 Å². The number of aromatic nitrogens is 3. The number of methoxy groups -OCH3 is 1. The Morgan fingerprint density at radius 2 is 2.03 bits per heavy atom. The SMILES string of the molecule is CNC(=O)c1ccc(N2CCN(Cc3cnc4cc(OC)c(=O)[nH]c4c3)C3CCC32)cn1. The van der Waals surface area contributed by atoms with Crippen LogP contribution in [0, 0.1) is 0 Å². The summed E-state index contributed by atoms with van der Waals surface area (Å²) >= 11 is 0. The minimum atomic E-state index is -0.248. The first-order chi connectivity index (χ1) is 15.6. The van der Waals surface area contributed by atoms with E-state index >= 15 is 0 Å². The number of carbonyl (C=O) groups excluding carboxylic acids is 1. The van der Waals surface area contributed by atoms with E-state index in [1.807, 2.05) is 18.3 Å². The predicted molar refractivity (Wildman–Crippen MR) is 121 cm³/mol. The fourth-order valence-corrected chi connectivity index (χ4v) is 4.74. The third-order valence-electron chi connectivity index (χ3n) is 6.56. The highest BCUT2D eigenvalue weighted by Gasteiger charge is 2.42. The Balaban J connectivity index is 1.30. The Morgan fingerprint density at radius 3 is 2.72 bits per heavy atom. The number of hydrogen-bond donors (Lipinski definition) is 2. The molecule has 166 valence electrons. The number of carbonyl (C=O) groups is 1. The molecule has 32 heavy (non-hydrogen) atoms. The van der Waals surface area contributed by atoms with Crippen molar-refractivity contribution in [2.24, 2.45) is 0 Å². The molecule has 0 radical (unpaired) electrons. The van der Waals surface area contributed by atoms with Crippen LogP contribution < -0.4 is 20.5 Å². The van der Waals surface area contributed by atoms with Crippen LogP contribution in [-0.2, 0) is 6.54 Å². The van der Waals surface area contributed by atoms with Crippen molar-refractivity contribution in [3.05, 3.63) is 58.3 Å². The molecule has 2 unspecified atom stereocenters. The van der Waals surface area contributed by atoms with Gasteiger partial charge >= 0.3 is 0 Å². The molecule has 1 aliphatic carbocycles. The molecule has 1 saturated carbocycles. The van der Waals surface area contributed by atoms with E-state index in [4.69, 9.17) is 4.74 Å². The monoisotopic (exact) mass is 434 g/mol. The first-order valence-corrected chi connectivity index (χ1v) is 10.8. The summed E-state index contributed by atoms with van der Waals surface area (Å²) in [6.07, 6.45) is 5.97. The lowest BCUT2D eigenvalue weighted by Gasteiger charge is -2.54. The predicted octanol–water partition coefficient (Wildman–Crippen LogP) is 1.54. The second kappa shape index (κ2) is 8.23. The number of anilines is 1. The van der Waals surface area contributed by atoms with Gasteiger partial charge in [0.05, 0.1) is 30.0 Å². The Morgan fingerprint density at radius 1 is 1.19 bits per heavy atom. The van der Waals surface area contributed by atoms with Gasteiger partial charge in [0.25, 0.3) is 11.5 Å². The Hall–Kier alpha value is -3.46. The second-order valence-corrected chi connectivity index (χ2v) is 8.30. The minimum Gasteiger partial charge on any atom is -0.491 e. The van der Waals surface area contributed by atoms with Crippen molar-refractivity contribution in [2.75, 3.05) is 32.1 Å². The van der Waals surface area contributed by atoms with Gasteiger partial charge in [-0.1, -0.05) is 0 Å². The number of pyridine rings is 3. The van der Waals surface area contributed by atoms with Gasteiger partial charge in [-0.05, 0) is 36.6 Å². The van der Waals surface area contributed by atoms with Crippen molar-refractivity contribution in [1.82, 2.24) is 25.2 Å². The van der Waals surface area contributed by atoms with Crippen molar-refractivity contribution in [2.45, 2.75) is 31.5 Å². The van der Waals surface area contributed by atoms with E-state index in [2.05, 4.69) is 30.1 Å². The topological polar surface area (TPSA) is 103 Å². The van der Waals surface area contributed by atoms with Crippen molar-refractivity contribution in [3.8, 4) is 5.75 Å². The van der Waals surface area contributed by atoms with E-state index < -0.39 is 0 Å². The maximum Gasteiger partial charge on any atom is 0.290 e. The van der Waals surface area contributed by atoms with Crippen LogP contribution in [0.5, 0.6) is 5.75 Å². The number of nitrogens with zero attached hydrogens (tertiary/aromatic N) is 4. The highest BCUT2D eigenvalue weighted by Crippen LogP contribution is 2.37. The van der Waals surface area contributed by atoms with Gasteiger partial charge < -0.3 is 19.9 Å². The lowest BCUT2D eigenvalue weighted by Crippen LogP contribution is -2.64. The van der Waals surface area contributed by atoms with Gasteiger partial charge in [-0.3, -0.25) is 19.5 Å². The highest BCUT2D eigenvalue weighted by molar-refractivity contribution is 5.92. The number of rotatable bonds is 5. The first kappa shape index (κ1) is 20.4. The van der Waals surface area contributed by atoms with Crippen LogP contribution in [0.2, 0.25) is 0 Å². The number of amides is 1. The number of H-pyrrole nitrogens is 1. The molecule has 9 nitrogen and oxygen atoms in total. The van der Waals surface area contributed by atoms with Crippen LogP contribution in [0.3, 0.4) is 0 Å². The maximum absolute atomic E-state index is 12.1. The Labute approximate surface area is 185 Å². The average molecular weight is 435 g/mol. The van der Waals surface area contributed by atoms with E-state index in [0.29, 0.717) is 23.3 Å². The molecule has 2 N–H and O–H groups in total. The summed E-state index contributed by atoms with van der Waals surface area (Å²) in [4.78, 5) is 40.4. The lowest BCUT2D eigenvalue weighted by molar-refractivity contribution is 0.0658. The molecule has 2 fully saturated rings. The molecule has 0 spiro atoms. The molecule has 1 aliphatic heterocycles. The normalized spacial score (nSPS) is 20.5. The van der Waals surface area contributed by atoms with Crippen LogP contribution >= 0.6 is 0 Å². The average Bonchev–Trinajstić information content (AvgIpc) is 2.79. The summed E-state index contributed by atoms with van der Waals surface area (Å²) in [6.45, 7) is 2.62. The number of aromatic amines is 1. The standard InChI is InChI=1S/C23H26N6O3/c1-24-22(30)16-4-3-15(12-26-16)29-8-7-28(19-5-6-20(19)29)13-14-9-18-17(25-11-14)10-21(32-2)23(31)27-18/h3-4,9-12,19-20H,5-8,13H2,1-2H3,(H,24,30)(H,27,31). The van der Waals surface area contributed by atoms with Gasteiger partial charge in [-0.25, -0.2) is 4.98 Å². The number of nitrogens with one attached hydrogen (secondary N) is 2. The minimum absolute atomic E-state index is 0.174. The molecule has 1 amide bonds. The van der Waals surface area contributed by atoms with Gasteiger partial charge in [-0.15, -0.1) is 0 Å². The maximum atomic E-state index is 12.1. The number of hydrogen-bond acceptors (Lipinski definition) is 7. The third-order valence-corrected chi connectivity index (χ3v) is 6.56. The summed E-state index contributed by atoms with van der Waals surface area (Å²) in [7, 11) is 3.08. The summed E-state index contributed by atoms with van der Waals surface area (Å²) in [5.74, 6) is 0.0932. The van der Waals surface area contributed by atoms with Gasteiger partial charge in [-0.2, -0.15) is 0 Å². The fraction of sp³-hybridized carbons (Fsp3) is 0.391. The molecule has 1 saturated heterocycles. The van der Waals surface area contributed by atoms with E-state index in [0.717, 1.165) is 49.2 Å². The summed E-state index contributed by atoms with van der Waals surface area (Å²) in [5, 5.41) is 2.60. The molecular formula is C23H26N6O3. The third kappa shape index (κ3) is 3.58. The molecule has 3 aromatic rings. The summed E-state index contributed by atoms with van der Waals surface area (Å²) in [6, 6.07) is 8.35. The summed E-state index contributed by atoms with van der Waals surface area (Å²) in [5.41, 5.74) is 3.76. The van der Waals surface area contributed by atoms with Crippen molar-refractivity contribution in [3.63, 3.8) is 0 Å². The van der Waals surface area contributed by atoms with E-state index in [1.165, 1.54) is 7.11 Å². The molecule has 2 atom stereocenters. The zero-order valence-electron chi connectivity index (χ0n) is 18.2. The largest absolute Gasteiger partial charge is 0.491 e. The van der Waals surface area contributed by atoms with Gasteiger partial charge in [0.1, 0.15) is 5.69 Å². The van der Waals surface area contributed by atoms with Crippen molar-refractivity contribution in [1.29, 1.82) is 0 Å². The molecule has 0 aromatic carbocycles. The van der Waals surface area contributed by atoms with E-state index in [9.17, 15) is 9.59 Å². The highest BCUT2D eigenvalue weighted by atomic mass is 16.5. The van der Waals surface area contributed by atoms with Gasteiger partial charge in [0.2, 0.25) is 0 Å². The molecule has 5 rings (SSSR count). The number of fused-ring (bicyclic) bond motifs is 2. The molecule has 0 bridgehead atoms. The van der Waals surface area contributed by atoms with E-state index in [-0.39, 0.29) is 17.2 Å². The van der Waals surface area contributed by atoms with Crippen LogP contribution in [0.4, 0.5) is 5.69 Å². The molecule has 9 heteroatoms. The molecular weight excluding hydrogens is 408 g/mol. The van der Waals surface area contributed by atoms with Crippen LogP contribution in [0.25, 0.3) is 11.0 Å². The zero-order chi connectivity index (χ0) is 22.2. The van der Waals surface area contributed by atoms with Crippen molar-refractivity contribution < 1.29 is 9.53 Å². The Bertz CT molecular complexity index is 1210. The second-order valence-electron chi connectivity index (χ2n) is 8.30. The van der Waals surface area contributed by atoms with Crippen molar-refractivity contribution >= 4 is 22.6 Å². The lowest BCUT2D eigenvalue weighted by atomic mass is 9.81. The number of piperazine rings is 1. The quantitative estimate of drug-likeness (QED) is 0.628. The Kier molecular flexibility index (Phi) is 5.26. The van der Waals surface area contributed by atoms with E-state index in [1.54, 1.807) is 25.4 Å². The van der Waals surface area contributed by atoms with Crippen LogP contribution in [0.15, 0.2) is 41.5 Å². The van der Waals surface area contributed by atoms with Gasteiger partial charge in [0.15, 0.2) is 5.75 Å². The first-order valence-electron chi connectivity index (χ1n) is 10.8. The number of ether oxygens (including phenoxy) is 1. The smallest absolute Gasteiger partial charge is 0.290 e. The summed E-state index contributed by atoms with van der Waals surface area (Å²) < 4.78 is 5.09. The molecule has 3 aromatic heterocycles. The molecule has 2 aliphatic rings. The van der Waals surface area contributed by atoms with Crippen LogP contribution in [-0.4, -0.2) is 65.1 Å².